The van der Waals surface area contributed by atoms with Gasteiger partial charge in [-0.1, -0.05) is 23.3 Å². The molecule has 0 aliphatic carbocycles. The van der Waals surface area contributed by atoms with Crippen molar-refractivity contribution in [3.8, 4) is 0 Å². The van der Waals surface area contributed by atoms with E-state index < -0.39 is 46.6 Å². The standard InChI is InChI=1S/C14H17N3O5S/c1-8-13(22-9(2)18)11(16-17-15)12(19)14(21-8)23(20)10-6-4-3-5-7-10/h3-8,11-14,19H,1-2H3/t8-,11-,12+,13-,14?,23?/m1/s1. The van der Waals surface area contributed by atoms with Crippen LogP contribution in [0.15, 0.2) is 40.3 Å². The van der Waals surface area contributed by atoms with E-state index in [0.717, 1.165) is 0 Å². The highest BCUT2D eigenvalue weighted by Gasteiger charge is 2.47. The minimum atomic E-state index is -1.67. The van der Waals surface area contributed by atoms with E-state index in [4.69, 9.17) is 15.0 Å². The molecule has 6 atom stereocenters. The highest BCUT2D eigenvalue weighted by molar-refractivity contribution is 7.85. The summed E-state index contributed by atoms with van der Waals surface area (Å²) in [5.74, 6) is -0.585. The van der Waals surface area contributed by atoms with E-state index in [-0.39, 0.29) is 0 Å². The van der Waals surface area contributed by atoms with Gasteiger partial charge in [-0.05, 0) is 24.6 Å². The number of carbonyl (C=O) groups excluding carboxylic acids is 1. The smallest absolute Gasteiger partial charge is 0.303 e. The van der Waals surface area contributed by atoms with Crippen LogP contribution in [0.2, 0.25) is 0 Å². The quantitative estimate of drug-likeness (QED) is 0.385. The third kappa shape index (κ3) is 3.89. The van der Waals surface area contributed by atoms with Gasteiger partial charge in [0.05, 0.1) is 16.9 Å². The number of ether oxygens (including phenoxy) is 2. The molecule has 1 fully saturated rings. The molecule has 0 bridgehead atoms. The lowest BCUT2D eigenvalue weighted by Crippen LogP contribution is -2.58. The number of benzene rings is 1. The zero-order valence-electron chi connectivity index (χ0n) is 12.6. The normalized spacial score (nSPS) is 31.7. The van der Waals surface area contributed by atoms with E-state index in [1.807, 2.05) is 0 Å². The number of rotatable bonds is 4. The van der Waals surface area contributed by atoms with Gasteiger partial charge < -0.3 is 14.6 Å². The highest BCUT2D eigenvalue weighted by atomic mass is 32.2. The van der Waals surface area contributed by atoms with Crippen molar-refractivity contribution < 1.29 is 23.6 Å². The average molecular weight is 339 g/mol. The Kier molecular flexibility index (Phi) is 5.73. The Morgan fingerprint density at radius 3 is 2.65 bits per heavy atom. The molecule has 0 amide bonds. The molecule has 1 aromatic carbocycles. The van der Waals surface area contributed by atoms with E-state index in [2.05, 4.69) is 10.0 Å². The Bertz CT molecular complexity index is 635. The summed E-state index contributed by atoms with van der Waals surface area (Å²) in [5.41, 5.74) is 7.62. The van der Waals surface area contributed by atoms with Crippen molar-refractivity contribution in [1.29, 1.82) is 0 Å². The maximum atomic E-state index is 12.6. The summed E-state index contributed by atoms with van der Waals surface area (Å²) in [6, 6.07) is 7.44. The van der Waals surface area contributed by atoms with Crippen molar-refractivity contribution in [3.05, 3.63) is 40.8 Å². The summed E-state index contributed by atoms with van der Waals surface area (Å²) in [6.45, 7) is 2.81. The molecule has 0 saturated carbocycles. The molecule has 1 saturated heterocycles. The first-order valence-electron chi connectivity index (χ1n) is 6.96. The molecule has 8 nitrogen and oxygen atoms in total. The topological polar surface area (TPSA) is 122 Å². The van der Waals surface area contributed by atoms with E-state index in [1.54, 1.807) is 37.3 Å². The van der Waals surface area contributed by atoms with E-state index in [0.29, 0.717) is 4.90 Å². The number of azide groups is 1. The molecule has 1 aliphatic rings. The molecule has 2 unspecified atom stereocenters. The fraction of sp³-hybridized carbons (Fsp3) is 0.500. The van der Waals surface area contributed by atoms with Crippen LogP contribution in [-0.2, 0) is 25.1 Å². The highest BCUT2D eigenvalue weighted by Crippen LogP contribution is 2.29. The molecule has 124 valence electrons. The number of esters is 1. The fourth-order valence-corrected chi connectivity index (χ4v) is 3.80. The van der Waals surface area contributed by atoms with Crippen molar-refractivity contribution in [2.75, 3.05) is 0 Å². The van der Waals surface area contributed by atoms with Crippen LogP contribution >= 0.6 is 0 Å². The van der Waals surface area contributed by atoms with Crippen LogP contribution in [0.25, 0.3) is 10.4 Å². The van der Waals surface area contributed by atoms with Crippen molar-refractivity contribution in [2.45, 2.75) is 48.5 Å². The van der Waals surface area contributed by atoms with Crippen LogP contribution in [0.1, 0.15) is 13.8 Å². The summed E-state index contributed by atoms with van der Waals surface area (Å²) in [6.07, 6.45) is -3.00. The zero-order valence-corrected chi connectivity index (χ0v) is 13.4. The Hall–Kier alpha value is -1.93. The molecular formula is C14H17N3O5S. The largest absolute Gasteiger partial charge is 0.459 e. The maximum absolute atomic E-state index is 12.6. The van der Waals surface area contributed by atoms with E-state index >= 15 is 0 Å². The molecule has 1 aliphatic heterocycles. The summed E-state index contributed by atoms with van der Waals surface area (Å²) in [4.78, 5) is 14.4. The minimum absolute atomic E-state index is 0.481. The van der Waals surface area contributed by atoms with E-state index in [9.17, 15) is 14.1 Å². The lowest BCUT2D eigenvalue weighted by atomic mass is 9.98. The number of hydrogen-bond donors (Lipinski definition) is 1. The first kappa shape index (κ1) is 17.4. The second-order valence-electron chi connectivity index (χ2n) is 5.08. The summed E-state index contributed by atoms with van der Waals surface area (Å²) < 4.78 is 23.3. The molecule has 0 spiro atoms. The van der Waals surface area contributed by atoms with Gasteiger partial charge >= 0.3 is 5.97 Å². The Morgan fingerprint density at radius 1 is 1.43 bits per heavy atom. The summed E-state index contributed by atoms with van der Waals surface area (Å²) in [5, 5.41) is 13.9. The zero-order chi connectivity index (χ0) is 17.0. The van der Waals surface area contributed by atoms with Crippen LogP contribution < -0.4 is 0 Å². The molecule has 1 N–H and O–H groups in total. The second kappa shape index (κ2) is 7.56. The van der Waals surface area contributed by atoms with Crippen LogP contribution in [-0.4, -0.2) is 45.1 Å². The van der Waals surface area contributed by atoms with Gasteiger partial charge in [0, 0.05) is 16.7 Å². The van der Waals surface area contributed by atoms with Gasteiger partial charge in [0.15, 0.2) is 5.44 Å². The van der Waals surface area contributed by atoms with Crippen molar-refractivity contribution in [1.82, 2.24) is 0 Å². The van der Waals surface area contributed by atoms with Crippen molar-refractivity contribution >= 4 is 16.8 Å². The molecule has 9 heteroatoms. The Labute approximate surface area is 135 Å². The molecule has 1 aromatic rings. The summed E-state index contributed by atoms with van der Waals surface area (Å²) in [7, 11) is -1.67. The maximum Gasteiger partial charge on any atom is 0.303 e. The molecular weight excluding hydrogens is 322 g/mol. The van der Waals surface area contributed by atoms with Crippen LogP contribution in [0.3, 0.4) is 0 Å². The number of nitrogens with zero attached hydrogens (tertiary/aromatic N) is 3. The van der Waals surface area contributed by atoms with Gasteiger partial charge in [0.25, 0.3) is 0 Å². The molecule has 23 heavy (non-hydrogen) atoms. The van der Waals surface area contributed by atoms with Gasteiger partial charge in [-0.25, -0.2) is 0 Å². The predicted molar refractivity (Wildman–Crippen MR) is 81.7 cm³/mol. The number of carbonyl (C=O) groups is 1. The Morgan fingerprint density at radius 2 is 2.09 bits per heavy atom. The van der Waals surface area contributed by atoms with Crippen LogP contribution in [0.4, 0.5) is 0 Å². The van der Waals surface area contributed by atoms with Gasteiger partial charge in [0.2, 0.25) is 0 Å². The fourth-order valence-electron chi connectivity index (χ4n) is 2.42. The third-order valence-electron chi connectivity index (χ3n) is 3.45. The van der Waals surface area contributed by atoms with Crippen molar-refractivity contribution in [2.24, 2.45) is 5.11 Å². The second-order valence-corrected chi connectivity index (χ2v) is 6.61. The predicted octanol–water partition coefficient (Wildman–Crippen LogP) is 1.51. The van der Waals surface area contributed by atoms with Gasteiger partial charge in [-0.15, -0.1) is 0 Å². The molecule has 1 heterocycles. The number of hydrogen-bond acceptors (Lipinski definition) is 6. The van der Waals surface area contributed by atoms with Gasteiger partial charge in [0.1, 0.15) is 18.2 Å². The molecule has 0 aromatic heterocycles. The van der Waals surface area contributed by atoms with Gasteiger partial charge in [-0.2, -0.15) is 0 Å². The first-order chi connectivity index (χ1) is 11.0. The average Bonchev–Trinajstić information content (AvgIpc) is 2.54. The van der Waals surface area contributed by atoms with E-state index in [1.165, 1.54) is 6.92 Å². The monoisotopic (exact) mass is 339 g/mol. The lowest BCUT2D eigenvalue weighted by molar-refractivity contribution is -0.179. The van der Waals surface area contributed by atoms with Gasteiger partial charge in [-0.3, -0.25) is 9.00 Å². The van der Waals surface area contributed by atoms with Crippen LogP contribution in [0, 0.1) is 0 Å². The first-order valence-corrected chi connectivity index (χ1v) is 8.17. The molecule has 2 rings (SSSR count). The summed E-state index contributed by atoms with van der Waals surface area (Å²) >= 11 is 0. The SMILES string of the molecule is CC(=O)O[C@H]1[C@H](N=[N+]=[N-])[C@H](O)C(S(=O)c2ccccc2)O[C@@H]1C. The lowest BCUT2D eigenvalue weighted by Gasteiger charge is -2.40. The van der Waals surface area contributed by atoms with Crippen LogP contribution in [0.5, 0.6) is 0 Å². The number of aliphatic hydroxyl groups is 1. The Balaban J connectivity index is 2.29. The van der Waals surface area contributed by atoms with Crippen molar-refractivity contribution in [3.63, 3.8) is 0 Å². The number of aliphatic hydroxyl groups excluding tert-OH is 1. The third-order valence-corrected chi connectivity index (χ3v) is 5.00. The minimum Gasteiger partial charge on any atom is -0.459 e. The molecule has 0 radical (unpaired) electrons.